The SMILES string of the molecule is CCCCCS(=O)(=O)NC(N)=O. The summed E-state index contributed by atoms with van der Waals surface area (Å²) >= 11 is 0. The Kier molecular flexibility index (Phi) is 4.65. The van der Waals surface area contributed by atoms with Gasteiger partial charge in [-0.2, -0.15) is 0 Å². The molecule has 0 aliphatic carbocycles. The molecule has 6 heteroatoms. The first-order valence-corrected chi connectivity index (χ1v) is 5.43. The fourth-order valence-corrected chi connectivity index (χ4v) is 1.74. The number of urea groups is 1. The largest absolute Gasteiger partial charge is 0.351 e. The van der Waals surface area contributed by atoms with Crippen molar-refractivity contribution in [3.63, 3.8) is 0 Å². The highest BCUT2D eigenvalue weighted by atomic mass is 32.2. The quantitative estimate of drug-likeness (QED) is 0.611. The summed E-state index contributed by atoms with van der Waals surface area (Å²) in [5, 5.41) is 0. The van der Waals surface area contributed by atoms with Gasteiger partial charge in [-0.05, 0) is 6.42 Å². The molecule has 0 heterocycles. The minimum absolute atomic E-state index is 0.0379. The number of unbranched alkanes of at least 4 members (excludes halogenated alkanes) is 2. The van der Waals surface area contributed by atoms with Gasteiger partial charge in [0.05, 0.1) is 5.75 Å². The number of carbonyl (C=O) groups excluding carboxylic acids is 1. The van der Waals surface area contributed by atoms with Gasteiger partial charge in [-0.15, -0.1) is 0 Å². The molecule has 0 rings (SSSR count). The highest BCUT2D eigenvalue weighted by Gasteiger charge is 2.10. The fourth-order valence-electron chi connectivity index (χ4n) is 0.746. The lowest BCUT2D eigenvalue weighted by Gasteiger charge is -2.02. The van der Waals surface area contributed by atoms with Gasteiger partial charge >= 0.3 is 6.03 Å². The molecule has 0 fully saturated rings. The average Bonchev–Trinajstić information content (AvgIpc) is 1.84. The van der Waals surface area contributed by atoms with E-state index in [1.165, 1.54) is 0 Å². The topological polar surface area (TPSA) is 89.3 Å². The molecule has 72 valence electrons. The molecule has 0 saturated carbocycles. The zero-order valence-corrected chi connectivity index (χ0v) is 7.86. The van der Waals surface area contributed by atoms with E-state index in [0.29, 0.717) is 6.42 Å². The minimum Gasteiger partial charge on any atom is -0.351 e. The number of hydrogen-bond donors (Lipinski definition) is 2. The van der Waals surface area contributed by atoms with E-state index in [1.807, 2.05) is 6.92 Å². The van der Waals surface area contributed by atoms with Gasteiger partial charge in [0.2, 0.25) is 10.0 Å². The van der Waals surface area contributed by atoms with Crippen molar-refractivity contribution in [1.29, 1.82) is 0 Å². The van der Waals surface area contributed by atoms with Crippen LogP contribution in [0.1, 0.15) is 26.2 Å². The number of primary amides is 1. The molecule has 3 N–H and O–H groups in total. The van der Waals surface area contributed by atoms with Crippen LogP contribution < -0.4 is 10.5 Å². The lowest BCUT2D eigenvalue weighted by atomic mass is 10.3. The second-order valence-electron chi connectivity index (χ2n) is 2.49. The molecule has 0 aliphatic rings. The average molecular weight is 194 g/mol. The molecule has 12 heavy (non-hydrogen) atoms. The number of rotatable bonds is 5. The molecule has 0 saturated heterocycles. The maximum atomic E-state index is 10.9. The third-order valence-corrected chi connectivity index (χ3v) is 2.61. The zero-order valence-electron chi connectivity index (χ0n) is 7.04. The van der Waals surface area contributed by atoms with Gasteiger partial charge in [0, 0.05) is 0 Å². The van der Waals surface area contributed by atoms with E-state index in [1.54, 1.807) is 4.72 Å². The Morgan fingerprint density at radius 1 is 1.42 bits per heavy atom. The Labute approximate surface area is 72.4 Å². The maximum absolute atomic E-state index is 10.9. The van der Waals surface area contributed by atoms with Crippen molar-refractivity contribution in [1.82, 2.24) is 4.72 Å². The van der Waals surface area contributed by atoms with Crippen LogP contribution in [-0.2, 0) is 10.0 Å². The summed E-state index contributed by atoms with van der Waals surface area (Å²) in [5.74, 6) is -0.0379. The number of carbonyl (C=O) groups is 1. The Morgan fingerprint density at radius 3 is 2.42 bits per heavy atom. The smallest absolute Gasteiger partial charge is 0.325 e. The maximum Gasteiger partial charge on any atom is 0.325 e. The van der Waals surface area contributed by atoms with Gasteiger partial charge in [0.1, 0.15) is 0 Å². The van der Waals surface area contributed by atoms with E-state index in [0.717, 1.165) is 12.8 Å². The second-order valence-corrected chi connectivity index (χ2v) is 4.33. The van der Waals surface area contributed by atoms with Crippen LogP contribution in [0.3, 0.4) is 0 Å². The first kappa shape index (κ1) is 11.2. The third kappa shape index (κ3) is 5.96. The zero-order chi connectivity index (χ0) is 9.61. The number of nitrogens with one attached hydrogen (secondary N) is 1. The summed E-state index contributed by atoms with van der Waals surface area (Å²) < 4.78 is 23.5. The monoisotopic (exact) mass is 194 g/mol. The summed E-state index contributed by atoms with van der Waals surface area (Å²) in [6.45, 7) is 1.97. The molecular weight excluding hydrogens is 180 g/mol. The molecule has 0 aliphatic heterocycles. The molecule has 0 spiro atoms. The van der Waals surface area contributed by atoms with Gasteiger partial charge < -0.3 is 5.73 Å². The summed E-state index contributed by atoms with van der Waals surface area (Å²) in [7, 11) is -3.48. The second kappa shape index (κ2) is 4.97. The first-order chi connectivity index (χ1) is 5.48. The van der Waals surface area contributed by atoms with E-state index in [2.05, 4.69) is 5.73 Å². The molecule has 0 aromatic carbocycles. The lowest BCUT2D eigenvalue weighted by Crippen LogP contribution is -2.36. The first-order valence-electron chi connectivity index (χ1n) is 3.78. The summed E-state index contributed by atoms with van der Waals surface area (Å²) in [6.07, 6.45) is 2.32. The molecule has 5 nitrogen and oxygen atoms in total. The van der Waals surface area contributed by atoms with Crippen LogP contribution in [0, 0.1) is 0 Å². The number of hydrogen-bond acceptors (Lipinski definition) is 3. The Balaban J connectivity index is 3.81. The minimum atomic E-state index is -3.48. The van der Waals surface area contributed by atoms with Crippen LogP contribution in [0.5, 0.6) is 0 Å². The normalized spacial score (nSPS) is 11.1. The van der Waals surface area contributed by atoms with Crippen LogP contribution in [0.15, 0.2) is 0 Å². The molecule has 2 amide bonds. The van der Waals surface area contributed by atoms with Crippen molar-refractivity contribution < 1.29 is 13.2 Å². The number of nitrogens with two attached hydrogens (primary N) is 1. The van der Waals surface area contributed by atoms with Crippen molar-refractivity contribution in [2.24, 2.45) is 5.73 Å². The van der Waals surface area contributed by atoms with Gasteiger partial charge in [-0.1, -0.05) is 19.8 Å². The van der Waals surface area contributed by atoms with E-state index < -0.39 is 16.1 Å². The molecule has 0 atom stereocenters. The van der Waals surface area contributed by atoms with Crippen LogP contribution in [0.2, 0.25) is 0 Å². The summed E-state index contributed by atoms with van der Waals surface area (Å²) in [6, 6.07) is -1.02. The number of amides is 2. The Bertz CT molecular complexity index is 235. The van der Waals surface area contributed by atoms with Crippen molar-refractivity contribution in [3.8, 4) is 0 Å². The van der Waals surface area contributed by atoms with E-state index in [-0.39, 0.29) is 5.75 Å². The molecule has 0 unspecified atom stereocenters. The van der Waals surface area contributed by atoms with Crippen molar-refractivity contribution in [2.45, 2.75) is 26.2 Å². The van der Waals surface area contributed by atoms with Crippen LogP contribution in [-0.4, -0.2) is 20.2 Å². The molecule has 0 aromatic heterocycles. The molecule has 0 aromatic rings. The van der Waals surface area contributed by atoms with Crippen LogP contribution >= 0.6 is 0 Å². The van der Waals surface area contributed by atoms with Crippen molar-refractivity contribution in [3.05, 3.63) is 0 Å². The summed E-state index contributed by atoms with van der Waals surface area (Å²) in [5.41, 5.74) is 4.65. The van der Waals surface area contributed by atoms with Crippen molar-refractivity contribution in [2.75, 3.05) is 5.75 Å². The predicted molar refractivity (Wildman–Crippen MR) is 46.0 cm³/mol. The van der Waals surface area contributed by atoms with Gasteiger partial charge in [0.15, 0.2) is 0 Å². The van der Waals surface area contributed by atoms with Gasteiger partial charge in [0.25, 0.3) is 0 Å². The number of sulfonamides is 1. The van der Waals surface area contributed by atoms with E-state index in [4.69, 9.17) is 0 Å². The summed E-state index contributed by atoms with van der Waals surface area (Å²) in [4.78, 5) is 10.2. The Hall–Kier alpha value is -0.780. The van der Waals surface area contributed by atoms with Crippen LogP contribution in [0.25, 0.3) is 0 Å². The molecular formula is C6H14N2O3S. The molecule has 0 bridgehead atoms. The third-order valence-electron chi connectivity index (χ3n) is 1.27. The van der Waals surface area contributed by atoms with Crippen LogP contribution in [0.4, 0.5) is 4.79 Å². The van der Waals surface area contributed by atoms with E-state index in [9.17, 15) is 13.2 Å². The molecule has 0 radical (unpaired) electrons. The van der Waals surface area contributed by atoms with Crippen molar-refractivity contribution >= 4 is 16.1 Å². The fraction of sp³-hybridized carbons (Fsp3) is 0.833. The highest BCUT2D eigenvalue weighted by Crippen LogP contribution is 1.96. The predicted octanol–water partition coefficient (Wildman–Crippen LogP) is 0.175. The standard InChI is InChI=1S/C6H14N2O3S/c1-2-3-4-5-12(10,11)8-6(7)9/h2-5H2,1H3,(H3,7,8,9). The van der Waals surface area contributed by atoms with Gasteiger partial charge in [-0.25, -0.2) is 17.9 Å². The highest BCUT2D eigenvalue weighted by molar-refractivity contribution is 7.90. The van der Waals surface area contributed by atoms with E-state index >= 15 is 0 Å². The lowest BCUT2D eigenvalue weighted by molar-refractivity contribution is 0.253. The Morgan fingerprint density at radius 2 is 2.00 bits per heavy atom. The van der Waals surface area contributed by atoms with Gasteiger partial charge in [-0.3, -0.25) is 0 Å².